The Morgan fingerprint density at radius 3 is 2.40 bits per heavy atom. The first-order valence-corrected chi connectivity index (χ1v) is 6.57. The average molecular weight is 303 g/mol. The normalized spacial score (nSPS) is 17.1. The van der Waals surface area contributed by atoms with Crippen molar-refractivity contribution in [2.45, 2.75) is 6.04 Å². The molecule has 114 valence electrons. The predicted molar refractivity (Wildman–Crippen MR) is 81.1 cm³/mol. The van der Waals surface area contributed by atoms with Gasteiger partial charge in [0.25, 0.3) is 0 Å². The maximum atomic E-state index is 9.69. The molecule has 6 heteroatoms. The van der Waals surface area contributed by atoms with Crippen LogP contribution in [0.4, 0.5) is 0 Å². The number of nitrogens with one attached hydrogen (secondary N) is 1. The molecule has 1 fully saturated rings. The van der Waals surface area contributed by atoms with E-state index >= 15 is 0 Å². The zero-order chi connectivity index (χ0) is 13.7. The summed E-state index contributed by atoms with van der Waals surface area (Å²) in [5.41, 5.74) is 1.06. The molecule has 1 heterocycles. The van der Waals surface area contributed by atoms with Gasteiger partial charge in [0.05, 0.1) is 26.9 Å². The molecule has 0 saturated carbocycles. The first-order valence-electron chi connectivity index (χ1n) is 6.57. The number of ether oxygens (including phenoxy) is 2. The van der Waals surface area contributed by atoms with Gasteiger partial charge in [0.2, 0.25) is 0 Å². The lowest BCUT2D eigenvalue weighted by Gasteiger charge is -2.34. The fraction of sp³-hybridized carbons (Fsp3) is 0.571. The molecule has 1 atom stereocenters. The highest BCUT2D eigenvalue weighted by Gasteiger charge is 2.22. The number of rotatable bonds is 5. The molecule has 0 aromatic heterocycles. The Kier molecular flexibility index (Phi) is 7.09. The second-order valence-electron chi connectivity index (χ2n) is 4.60. The fourth-order valence-electron chi connectivity index (χ4n) is 2.49. The third kappa shape index (κ3) is 3.76. The van der Waals surface area contributed by atoms with Crippen LogP contribution in [-0.4, -0.2) is 57.0 Å². The number of methoxy groups -OCH3 is 2. The van der Waals surface area contributed by atoms with E-state index in [-0.39, 0.29) is 25.1 Å². The number of aliphatic hydroxyl groups is 1. The standard InChI is InChI=1S/C14H22N2O3.ClH/c1-18-13-4-3-11(9-14(13)19-2)12(10-17)16-7-5-15-6-8-16;/h3-4,9,12,15,17H,5-8,10H2,1-2H3;1H/t12-;/m0./s1. The maximum Gasteiger partial charge on any atom is 0.161 e. The molecule has 0 aliphatic carbocycles. The van der Waals surface area contributed by atoms with Crippen molar-refractivity contribution in [2.24, 2.45) is 0 Å². The van der Waals surface area contributed by atoms with Gasteiger partial charge in [-0.3, -0.25) is 4.90 Å². The largest absolute Gasteiger partial charge is 0.493 e. The number of hydrogen-bond acceptors (Lipinski definition) is 5. The molecule has 2 N–H and O–H groups in total. The van der Waals surface area contributed by atoms with E-state index in [2.05, 4.69) is 10.2 Å². The number of halogens is 1. The van der Waals surface area contributed by atoms with E-state index in [0.717, 1.165) is 31.7 Å². The van der Waals surface area contributed by atoms with Crippen LogP contribution in [0.25, 0.3) is 0 Å². The molecule has 0 amide bonds. The van der Waals surface area contributed by atoms with Crippen molar-refractivity contribution in [2.75, 3.05) is 47.0 Å². The van der Waals surface area contributed by atoms with Gasteiger partial charge in [0.1, 0.15) is 0 Å². The van der Waals surface area contributed by atoms with Crippen LogP contribution < -0.4 is 14.8 Å². The van der Waals surface area contributed by atoms with Gasteiger partial charge < -0.3 is 19.9 Å². The van der Waals surface area contributed by atoms with Crippen molar-refractivity contribution >= 4 is 12.4 Å². The molecule has 1 aliphatic rings. The lowest BCUT2D eigenvalue weighted by atomic mass is 10.0. The van der Waals surface area contributed by atoms with E-state index in [0.29, 0.717) is 11.5 Å². The second-order valence-corrected chi connectivity index (χ2v) is 4.60. The molecule has 1 aromatic rings. The van der Waals surface area contributed by atoms with Gasteiger partial charge in [-0.2, -0.15) is 0 Å². The topological polar surface area (TPSA) is 54.0 Å². The minimum atomic E-state index is 0. The summed E-state index contributed by atoms with van der Waals surface area (Å²) >= 11 is 0. The minimum Gasteiger partial charge on any atom is -0.493 e. The van der Waals surface area contributed by atoms with Crippen LogP contribution in [0.5, 0.6) is 11.5 Å². The van der Waals surface area contributed by atoms with Gasteiger partial charge in [0, 0.05) is 26.2 Å². The minimum absolute atomic E-state index is 0. The van der Waals surface area contributed by atoms with Gasteiger partial charge >= 0.3 is 0 Å². The number of nitrogens with zero attached hydrogens (tertiary/aromatic N) is 1. The molecular formula is C14H23ClN2O3. The van der Waals surface area contributed by atoms with Crippen LogP contribution in [0.3, 0.4) is 0 Å². The molecule has 1 aliphatic heterocycles. The summed E-state index contributed by atoms with van der Waals surface area (Å²) in [7, 11) is 3.25. The van der Waals surface area contributed by atoms with Crippen molar-refractivity contribution < 1.29 is 14.6 Å². The highest BCUT2D eigenvalue weighted by molar-refractivity contribution is 5.85. The van der Waals surface area contributed by atoms with E-state index in [4.69, 9.17) is 9.47 Å². The Morgan fingerprint density at radius 1 is 1.20 bits per heavy atom. The summed E-state index contributed by atoms with van der Waals surface area (Å²) in [6, 6.07) is 5.84. The lowest BCUT2D eigenvalue weighted by Crippen LogP contribution is -2.46. The maximum absolute atomic E-state index is 9.69. The second kappa shape index (κ2) is 8.32. The van der Waals surface area contributed by atoms with E-state index in [9.17, 15) is 5.11 Å². The Hall–Kier alpha value is -1.01. The van der Waals surface area contributed by atoms with E-state index in [1.165, 1.54) is 0 Å². The SMILES string of the molecule is COc1ccc([C@H](CO)N2CCNCC2)cc1OC.Cl. The molecule has 5 nitrogen and oxygen atoms in total. The molecule has 20 heavy (non-hydrogen) atoms. The number of benzene rings is 1. The summed E-state index contributed by atoms with van der Waals surface area (Å²) in [5, 5.41) is 13.0. The van der Waals surface area contributed by atoms with Gasteiger partial charge in [-0.05, 0) is 17.7 Å². The zero-order valence-corrected chi connectivity index (χ0v) is 12.8. The monoisotopic (exact) mass is 302 g/mol. The van der Waals surface area contributed by atoms with Gasteiger partial charge in [-0.15, -0.1) is 12.4 Å². The van der Waals surface area contributed by atoms with Crippen LogP contribution in [-0.2, 0) is 0 Å². The highest BCUT2D eigenvalue weighted by Crippen LogP contribution is 2.31. The summed E-state index contributed by atoms with van der Waals surface area (Å²) < 4.78 is 10.6. The van der Waals surface area contributed by atoms with Crippen molar-refractivity contribution in [3.8, 4) is 11.5 Å². The van der Waals surface area contributed by atoms with Crippen LogP contribution in [0.2, 0.25) is 0 Å². The Bertz CT molecular complexity index is 411. The molecule has 0 unspecified atom stereocenters. The highest BCUT2D eigenvalue weighted by atomic mass is 35.5. The fourth-order valence-corrected chi connectivity index (χ4v) is 2.49. The molecule has 1 saturated heterocycles. The molecule has 0 spiro atoms. The smallest absolute Gasteiger partial charge is 0.161 e. The average Bonchev–Trinajstić information content (AvgIpc) is 2.49. The Balaban J connectivity index is 0.00000200. The summed E-state index contributed by atoms with van der Waals surface area (Å²) in [5.74, 6) is 1.41. The molecule has 2 rings (SSSR count). The van der Waals surface area contributed by atoms with Crippen LogP contribution >= 0.6 is 12.4 Å². The summed E-state index contributed by atoms with van der Waals surface area (Å²) in [6.45, 7) is 3.92. The molecular weight excluding hydrogens is 280 g/mol. The molecule has 1 aromatic carbocycles. The number of hydrogen-bond donors (Lipinski definition) is 2. The van der Waals surface area contributed by atoms with Crippen molar-refractivity contribution in [1.29, 1.82) is 0 Å². The predicted octanol–water partition coefficient (Wildman–Crippen LogP) is 1.06. The Morgan fingerprint density at radius 2 is 1.85 bits per heavy atom. The third-order valence-electron chi connectivity index (χ3n) is 3.56. The summed E-state index contributed by atoms with van der Waals surface area (Å²) in [4.78, 5) is 2.29. The number of aliphatic hydroxyl groups excluding tert-OH is 1. The van der Waals surface area contributed by atoms with Gasteiger partial charge in [-0.1, -0.05) is 6.07 Å². The van der Waals surface area contributed by atoms with E-state index in [1.807, 2.05) is 18.2 Å². The summed E-state index contributed by atoms with van der Waals surface area (Å²) in [6.07, 6.45) is 0. The zero-order valence-electron chi connectivity index (χ0n) is 12.0. The van der Waals surface area contributed by atoms with Crippen LogP contribution in [0.1, 0.15) is 11.6 Å². The van der Waals surface area contributed by atoms with E-state index in [1.54, 1.807) is 14.2 Å². The van der Waals surface area contributed by atoms with Crippen LogP contribution in [0, 0.1) is 0 Å². The third-order valence-corrected chi connectivity index (χ3v) is 3.56. The molecule has 0 bridgehead atoms. The van der Waals surface area contributed by atoms with Crippen molar-refractivity contribution in [3.63, 3.8) is 0 Å². The molecule has 0 radical (unpaired) electrons. The van der Waals surface area contributed by atoms with Gasteiger partial charge in [-0.25, -0.2) is 0 Å². The van der Waals surface area contributed by atoms with Crippen molar-refractivity contribution in [3.05, 3.63) is 23.8 Å². The van der Waals surface area contributed by atoms with E-state index < -0.39 is 0 Å². The quantitative estimate of drug-likeness (QED) is 0.852. The van der Waals surface area contributed by atoms with Gasteiger partial charge in [0.15, 0.2) is 11.5 Å². The first kappa shape index (κ1) is 17.0. The lowest BCUT2D eigenvalue weighted by molar-refractivity contribution is 0.110. The van der Waals surface area contributed by atoms with Crippen LogP contribution in [0.15, 0.2) is 18.2 Å². The Labute approximate surface area is 126 Å². The van der Waals surface area contributed by atoms with Crippen molar-refractivity contribution in [1.82, 2.24) is 10.2 Å². The first-order chi connectivity index (χ1) is 9.30. The number of piperazine rings is 1.